The van der Waals surface area contributed by atoms with E-state index in [2.05, 4.69) is 15.9 Å². The van der Waals surface area contributed by atoms with Crippen LogP contribution in [0, 0.1) is 0 Å². The number of phenols is 1. The predicted molar refractivity (Wildman–Crippen MR) is 76.4 cm³/mol. The van der Waals surface area contributed by atoms with Crippen molar-refractivity contribution in [2.75, 3.05) is 0 Å². The van der Waals surface area contributed by atoms with Crippen LogP contribution >= 0.6 is 15.9 Å². The van der Waals surface area contributed by atoms with Crippen LogP contribution in [-0.2, 0) is 6.61 Å². The molecule has 0 saturated heterocycles. The lowest BCUT2D eigenvalue weighted by molar-refractivity contribution is 0.274. The van der Waals surface area contributed by atoms with E-state index in [-0.39, 0.29) is 5.75 Å². The minimum Gasteiger partial charge on any atom is -0.508 e. The molecule has 0 unspecified atom stereocenters. The zero-order valence-corrected chi connectivity index (χ0v) is 11.6. The van der Waals surface area contributed by atoms with Crippen LogP contribution < -0.4 is 4.74 Å². The summed E-state index contributed by atoms with van der Waals surface area (Å²) in [5.41, 5.74) is 0.741. The summed E-state index contributed by atoms with van der Waals surface area (Å²) in [7, 11) is 0. The fourth-order valence-corrected chi connectivity index (χ4v) is 2.25. The normalized spacial score (nSPS) is 10.8. The Kier molecular flexibility index (Phi) is 3.17. The Morgan fingerprint density at radius 1 is 1.11 bits per heavy atom. The Morgan fingerprint density at radius 2 is 2.00 bits per heavy atom. The van der Waals surface area contributed by atoms with Crippen molar-refractivity contribution in [2.24, 2.45) is 0 Å². The third-order valence-electron chi connectivity index (χ3n) is 2.73. The first kappa shape index (κ1) is 12.1. The average Bonchev–Trinajstić information content (AvgIpc) is 2.78. The topological polar surface area (TPSA) is 42.6 Å². The fourth-order valence-electron chi connectivity index (χ4n) is 1.87. The monoisotopic (exact) mass is 318 g/mol. The van der Waals surface area contributed by atoms with Crippen molar-refractivity contribution < 1.29 is 14.3 Å². The van der Waals surface area contributed by atoms with Gasteiger partial charge in [0.1, 0.15) is 29.4 Å². The Morgan fingerprint density at radius 3 is 2.84 bits per heavy atom. The van der Waals surface area contributed by atoms with E-state index in [0.29, 0.717) is 6.61 Å². The van der Waals surface area contributed by atoms with Gasteiger partial charge in [-0.2, -0.15) is 0 Å². The molecular formula is C15H11BrO3. The second-order valence-electron chi connectivity index (χ2n) is 4.18. The summed E-state index contributed by atoms with van der Waals surface area (Å²) in [6.45, 7) is 0.353. The zero-order chi connectivity index (χ0) is 13.2. The molecule has 1 aromatic heterocycles. The summed E-state index contributed by atoms with van der Waals surface area (Å²) in [4.78, 5) is 0. The molecule has 4 heteroatoms. The van der Waals surface area contributed by atoms with Gasteiger partial charge in [0.2, 0.25) is 0 Å². The second-order valence-corrected chi connectivity index (χ2v) is 5.10. The van der Waals surface area contributed by atoms with E-state index in [4.69, 9.17) is 9.15 Å². The Bertz CT molecular complexity index is 718. The highest BCUT2D eigenvalue weighted by Gasteiger charge is 2.05. The third-order valence-corrected chi connectivity index (χ3v) is 3.22. The van der Waals surface area contributed by atoms with Crippen LogP contribution in [0.4, 0.5) is 0 Å². The van der Waals surface area contributed by atoms with Gasteiger partial charge >= 0.3 is 0 Å². The molecular weight excluding hydrogens is 308 g/mol. The molecule has 0 saturated carbocycles. The zero-order valence-electron chi connectivity index (χ0n) is 9.97. The van der Waals surface area contributed by atoms with E-state index in [1.807, 2.05) is 30.3 Å². The lowest BCUT2D eigenvalue weighted by atomic mass is 10.2. The maximum Gasteiger partial charge on any atom is 0.146 e. The highest BCUT2D eigenvalue weighted by Crippen LogP contribution is 2.25. The van der Waals surface area contributed by atoms with Gasteiger partial charge in [-0.15, -0.1) is 0 Å². The summed E-state index contributed by atoms with van der Waals surface area (Å²) >= 11 is 3.39. The number of halogens is 1. The van der Waals surface area contributed by atoms with Crippen LogP contribution in [-0.4, -0.2) is 5.11 Å². The molecule has 1 N–H and O–H groups in total. The van der Waals surface area contributed by atoms with Gasteiger partial charge in [0.25, 0.3) is 0 Å². The van der Waals surface area contributed by atoms with Crippen LogP contribution in [0.15, 0.2) is 57.4 Å². The first-order valence-corrected chi connectivity index (χ1v) is 6.60. The maximum absolute atomic E-state index is 9.40. The SMILES string of the molecule is Oc1ccc2oc(COc3cccc(Br)c3)cc2c1. The third kappa shape index (κ3) is 2.74. The molecule has 0 bridgehead atoms. The van der Waals surface area contributed by atoms with E-state index >= 15 is 0 Å². The number of fused-ring (bicyclic) bond motifs is 1. The first-order valence-electron chi connectivity index (χ1n) is 5.80. The van der Waals surface area contributed by atoms with Gasteiger partial charge in [-0.3, -0.25) is 0 Å². The van der Waals surface area contributed by atoms with Crippen LogP contribution in [0.5, 0.6) is 11.5 Å². The summed E-state index contributed by atoms with van der Waals surface area (Å²) < 4.78 is 12.2. The minimum absolute atomic E-state index is 0.229. The number of hydrogen-bond acceptors (Lipinski definition) is 3. The van der Waals surface area contributed by atoms with Crippen molar-refractivity contribution >= 4 is 26.9 Å². The number of aromatic hydroxyl groups is 1. The van der Waals surface area contributed by atoms with Gasteiger partial charge in [-0.25, -0.2) is 0 Å². The molecule has 0 atom stereocenters. The Labute approximate surface area is 118 Å². The molecule has 1 heterocycles. The summed E-state index contributed by atoms with van der Waals surface area (Å²) in [6, 6.07) is 14.5. The fraction of sp³-hybridized carbons (Fsp3) is 0.0667. The highest BCUT2D eigenvalue weighted by atomic mass is 79.9. The summed E-state index contributed by atoms with van der Waals surface area (Å²) in [5, 5.41) is 10.3. The highest BCUT2D eigenvalue weighted by molar-refractivity contribution is 9.10. The second kappa shape index (κ2) is 4.97. The van der Waals surface area contributed by atoms with Crippen LogP contribution in [0.1, 0.15) is 5.76 Å². The molecule has 0 aliphatic heterocycles. The largest absolute Gasteiger partial charge is 0.508 e. The summed E-state index contributed by atoms with van der Waals surface area (Å²) in [6.07, 6.45) is 0. The standard InChI is InChI=1S/C15H11BrO3/c16-11-2-1-3-13(8-11)18-9-14-7-10-6-12(17)4-5-15(10)19-14/h1-8,17H,9H2. The molecule has 0 fully saturated rings. The first-order chi connectivity index (χ1) is 9.20. The number of rotatable bonds is 3. The van der Waals surface area contributed by atoms with Crippen LogP contribution in [0.25, 0.3) is 11.0 Å². The molecule has 0 amide bonds. The lowest BCUT2D eigenvalue weighted by Crippen LogP contribution is -1.93. The van der Waals surface area contributed by atoms with E-state index in [0.717, 1.165) is 27.0 Å². The average molecular weight is 319 g/mol. The molecule has 0 spiro atoms. The van der Waals surface area contributed by atoms with E-state index in [9.17, 15) is 5.11 Å². The van der Waals surface area contributed by atoms with E-state index in [1.165, 1.54) is 0 Å². The molecule has 0 radical (unpaired) electrons. The van der Waals surface area contributed by atoms with Gasteiger partial charge in [0, 0.05) is 9.86 Å². The molecule has 0 aliphatic rings. The van der Waals surface area contributed by atoms with E-state index in [1.54, 1.807) is 18.2 Å². The van der Waals surface area contributed by atoms with Crippen molar-refractivity contribution in [3.05, 3.63) is 58.8 Å². The molecule has 3 rings (SSSR count). The van der Waals surface area contributed by atoms with Crippen LogP contribution in [0.2, 0.25) is 0 Å². The maximum atomic E-state index is 9.40. The smallest absolute Gasteiger partial charge is 0.146 e. The van der Waals surface area contributed by atoms with Crippen LogP contribution in [0.3, 0.4) is 0 Å². The molecule has 3 nitrogen and oxygen atoms in total. The lowest BCUT2D eigenvalue weighted by Gasteiger charge is -2.03. The molecule has 0 aliphatic carbocycles. The molecule has 3 aromatic rings. The Hall–Kier alpha value is -1.94. The van der Waals surface area contributed by atoms with Crippen molar-refractivity contribution in [3.63, 3.8) is 0 Å². The van der Waals surface area contributed by atoms with Crippen molar-refractivity contribution in [1.29, 1.82) is 0 Å². The molecule has 19 heavy (non-hydrogen) atoms. The van der Waals surface area contributed by atoms with Gasteiger partial charge in [-0.1, -0.05) is 22.0 Å². The van der Waals surface area contributed by atoms with Crippen molar-refractivity contribution in [3.8, 4) is 11.5 Å². The van der Waals surface area contributed by atoms with E-state index < -0.39 is 0 Å². The van der Waals surface area contributed by atoms with Gasteiger partial charge in [0.05, 0.1) is 0 Å². The quantitative estimate of drug-likeness (QED) is 0.774. The van der Waals surface area contributed by atoms with Crippen molar-refractivity contribution in [2.45, 2.75) is 6.61 Å². The number of ether oxygens (including phenoxy) is 1. The minimum atomic E-state index is 0.229. The number of phenolic OH excluding ortho intramolecular Hbond substituents is 1. The number of furan rings is 1. The molecule has 96 valence electrons. The predicted octanol–water partition coefficient (Wildman–Crippen LogP) is 4.48. The van der Waals surface area contributed by atoms with Gasteiger partial charge in [-0.05, 0) is 42.5 Å². The van der Waals surface area contributed by atoms with Gasteiger partial charge in [0.15, 0.2) is 0 Å². The Balaban J connectivity index is 1.78. The number of benzene rings is 2. The summed E-state index contributed by atoms with van der Waals surface area (Å²) in [5.74, 6) is 1.73. The van der Waals surface area contributed by atoms with Gasteiger partial charge < -0.3 is 14.3 Å². The van der Waals surface area contributed by atoms with Crippen molar-refractivity contribution in [1.82, 2.24) is 0 Å². The number of hydrogen-bond donors (Lipinski definition) is 1. The molecule has 2 aromatic carbocycles.